The standard InChI is InChI=1S/C21H32FN3O6Si/c1-14(26)27-13-16-18(30-31-32(5,6)21(2,3)4)19(17(24-25-23)20(22)29-16)28-12-15-10-8-7-9-11-15/h7-11,16-20H,12-13H2,1-6H3/t16-,17-,18-,19-,20?/m1/s1. The maximum atomic E-state index is 14.8. The molecule has 1 saturated heterocycles. The Morgan fingerprint density at radius 1 is 1.25 bits per heavy atom. The number of carbonyl (C=O) groups is 1. The molecule has 9 nitrogen and oxygen atoms in total. The molecule has 0 aromatic heterocycles. The fraction of sp³-hybridized carbons (Fsp3) is 0.667. The van der Waals surface area contributed by atoms with E-state index >= 15 is 0 Å². The summed E-state index contributed by atoms with van der Waals surface area (Å²) in [6, 6.07) is 7.96. The molecule has 0 amide bonds. The first kappa shape index (κ1) is 26.2. The van der Waals surface area contributed by atoms with Gasteiger partial charge < -0.3 is 14.2 Å². The number of alkyl halides is 1. The highest BCUT2D eigenvalue weighted by atomic mass is 28.4. The van der Waals surface area contributed by atoms with E-state index in [9.17, 15) is 9.18 Å². The van der Waals surface area contributed by atoms with Gasteiger partial charge in [0.05, 0.1) is 6.61 Å². The van der Waals surface area contributed by atoms with Gasteiger partial charge in [0.15, 0.2) is 0 Å². The van der Waals surface area contributed by atoms with E-state index in [0.29, 0.717) is 0 Å². The van der Waals surface area contributed by atoms with Crippen LogP contribution in [0.2, 0.25) is 18.1 Å². The van der Waals surface area contributed by atoms with Gasteiger partial charge in [0, 0.05) is 11.8 Å². The molecule has 1 aromatic rings. The van der Waals surface area contributed by atoms with E-state index in [2.05, 4.69) is 10.0 Å². The van der Waals surface area contributed by atoms with Crippen LogP contribution >= 0.6 is 0 Å². The number of benzene rings is 1. The lowest BCUT2D eigenvalue weighted by molar-refractivity contribution is -0.342. The summed E-state index contributed by atoms with van der Waals surface area (Å²) >= 11 is 0. The SMILES string of the molecule is CC(=O)OC[C@H]1OC(F)[C@H](N=[N+]=[N-])[C@@H](OCc2ccccc2)[C@@H]1OO[Si](C)(C)C(C)(C)C. The molecule has 0 aliphatic carbocycles. The Balaban J connectivity index is 2.32. The number of esters is 1. The van der Waals surface area contributed by atoms with Crippen LogP contribution in [0, 0.1) is 0 Å². The number of hydrogen-bond acceptors (Lipinski definition) is 7. The molecule has 0 spiro atoms. The third kappa shape index (κ3) is 6.99. The molecule has 1 aliphatic heterocycles. The van der Waals surface area contributed by atoms with Crippen molar-refractivity contribution in [3.63, 3.8) is 0 Å². The second-order valence-corrected chi connectivity index (χ2v) is 13.9. The molecule has 1 aliphatic rings. The Labute approximate surface area is 188 Å². The Morgan fingerprint density at radius 2 is 1.91 bits per heavy atom. The van der Waals surface area contributed by atoms with Gasteiger partial charge in [-0.15, -0.1) is 0 Å². The molecule has 11 heteroatoms. The number of carbonyl (C=O) groups excluding carboxylic acids is 1. The van der Waals surface area contributed by atoms with E-state index in [1.165, 1.54) is 6.92 Å². The monoisotopic (exact) mass is 469 g/mol. The van der Waals surface area contributed by atoms with Crippen molar-refractivity contribution in [2.75, 3.05) is 6.61 Å². The molecule has 0 saturated carbocycles. The number of nitrogens with zero attached hydrogens (tertiary/aromatic N) is 3. The van der Waals surface area contributed by atoms with E-state index < -0.39 is 45.0 Å². The van der Waals surface area contributed by atoms with E-state index in [4.69, 9.17) is 29.2 Å². The molecule has 1 aromatic carbocycles. The van der Waals surface area contributed by atoms with Gasteiger partial charge in [0.2, 0.25) is 14.7 Å². The summed E-state index contributed by atoms with van der Waals surface area (Å²) in [5, 5.41) is 3.39. The van der Waals surface area contributed by atoms with Crippen molar-refractivity contribution >= 4 is 14.3 Å². The van der Waals surface area contributed by atoms with Crippen LogP contribution in [-0.2, 0) is 35.1 Å². The largest absolute Gasteiger partial charge is 0.463 e. The molecule has 1 unspecified atom stereocenters. The number of azide groups is 1. The molecule has 2 rings (SSSR count). The Bertz CT molecular complexity index is 800. The lowest BCUT2D eigenvalue weighted by Gasteiger charge is -2.43. The van der Waals surface area contributed by atoms with Crippen molar-refractivity contribution in [3.05, 3.63) is 46.3 Å². The minimum atomic E-state index is -2.38. The number of hydrogen-bond donors (Lipinski definition) is 0. The van der Waals surface area contributed by atoms with Crippen LogP contribution in [0.3, 0.4) is 0 Å². The first-order chi connectivity index (χ1) is 15.0. The molecule has 0 bridgehead atoms. The van der Waals surface area contributed by atoms with Gasteiger partial charge in [-0.25, -0.2) is 9.28 Å². The number of halogens is 1. The highest BCUT2D eigenvalue weighted by molar-refractivity contribution is 6.73. The lowest BCUT2D eigenvalue weighted by atomic mass is 9.97. The first-order valence-corrected chi connectivity index (χ1v) is 13.3. The number of rotatable bonds is 9. The van der Waals surface area contributed by atoms with Crippen molar-refractivity contribution < 1.29 is 32.9 Å². The van der Waals surface area contributed by atoms with Crippen molar-refractivity contribution in [1.29, 1.82) is 0 Å². The highest BCUT2D eigenvalue weighted by Gasteiger charge is 2.50. The van der Waals surface area contributed by atoms with Gasteiger partial charge in [0.25, 0.3) is 0 Å². The van der Waals surface area contributed by atoms with Crippen LogP contribution in [0.4, 0.5) is 4.39 Å². The predicted octanol–water partition coefficient (Wildman–Crippen LogP) is 4.83. The van der Waals surface area contributed by atoms with Gasteiger partial charge in [-0.05, 0) is 29.2 Å². The summed E-state index contributed by atoms with van der Waals surface area (Å²) in [6.45, 7) is 11.2. The predicted molar refractivity (Wildman–Crippen MR) is 118 cm³/mol. The summed E-state index contributed by atoms with van der Waals surface area (Å²) in [5.74, 6) is -0.549. The second-order valence-electron chi connectivity index (χ2n) is 9.19. The van der Waals surface area contributed by atoms with Crippen LogP contribution in [-0.4, -0.2) is 51.6 Å². The van der Waals surface area contributed by atoms with Crippen molar-refractivity contribution in [2.45, 2.75) is 83.1 Å². The molecular weight excluding hydrogens is 437 g/mol. The minimum absolute atomic E-state index is 0.121. The summed E-state index contributed by atoms with van der Waals surface area (Å²) < 4.78 is 37.1. The Kier molecular flexibility index (Phi) is 9.20. The zero-order valence-electron chi connectivity index (χ0n) is 19.4. The van der Waals surface area contributed by atoms with Crippen LogP contribution in [0.5, 0.6) is 0 Å². The van der Waals surface area contributed by atoms with Crippen LogP contribution in [0.25, 0.3) is 10.4 Å². The molecule has 178 valence electrons. The number of ether oxygens (including phenoxy) is 3. The van der Waals surface area contributed by atoms with Crippen LogP contribution in [0.1, 0.15) is 33.3 Å². The van der Waals surface area contributed by atoms with E-state index in [0.717, 1.165) is 5.56 Å². The van der Waals surface area contributed by atoms with Crippen molar-refractivity contribution in [3.8, 4) is 0 Å². The average molecular weight is 470 g/mol. The summed E-state index contributed by atoms with van der Waals surface area (Å²) in [5.41, 5.74) is 9.82. The highest BCUT2D eigenvalue weighted by Crippen LogP contribution is 2.38. The van der Waals surface area contributed by atoms with Gasteiger partial charge >= 0.3 is 5.97 Å². The average Bonchev–Trinajstić information content (AvgIpc) is 2.71. The third-order valence-electron chi connectivity index (χ3n) is 5.69. The van der Waals surface area contributed by atoms with Gasteiger partial charge in [-0.3, -0.25) is 9.37 Å². The normalized spacial score (nSPS) is 26.3. The van der Waals surface area contributed by atoms with Gasteiger partial charge in [0.1, 0.15) is 31.0 Å². The lowest BCUT2D eigenvalue weighted by Crippen LogP contribution is -2.59. The molecule has 0 N–H and O–H groups in total. The minimum Gasteiger partial charge on any atom is -0.463 e. The first-order valence-electron chi connectivity index (χ1n) is 10.4. The molecule has 1 heterocycles. The van der Waals surface area contributed by atoms with E-state index in [1.807, 2.05) is 64.2 Å². The van der Waals surface area contributed by atoms with Crippen LogP contribution in [0.15, 0.2) is 35.4 Å². The summed E-state index contributed by atoms with van der Waals surface area (Å²) in [7, 11) is -2.38. The summed E-state index contributed by atoms with van der Waals surface area (Å²) in [4.78, 5) is 19.9. The second kappa shape index (κ2) is 11.2. The summed E-state index contributed by atoms with van der Waals surface area (Å²) in [6.07, 6.45) is -5.04. The zero-order chi connectivity index (χ0) is 23.9. The van der Waals surface area contributed by atoms with Gasteiger partial charge in [-0.1, -0.05) is 56.2 Å². The molecular formula is C21H32FN3O6Si. The van der Waals surface area contributed by atoms with Crippen molar-refractivity contribution in [2.24, 2.45) is 5.11 Å². The quantitative estimate of drug-likeness (QED) is 0.0974. The Hall–Kier alpha value is -2.01. The van der Waals surface area contributed by atoms with Gasteiger partial charge in [-0.2, -0.15) is 0 Å². The molecule has 5 atom stereocenters. The zero-order valence-corrected chi connectivity index (χ0v) is 20.4. The molecule has 32 heavy (non-hydrogen) atoms. The van der Waals surface area contributed by atoms with Crippen molar-refractivity contribution in [1.82, 2.24) is 0 Å². The molecule has 0 radical (unpaired) electrons. The van der Waals surface area contributed by atoms with Crippen LogP contribution < -0.4 is 0 Å². The Morgan fingerprint density at radius 3 is 2.47 bits per heavy atom. The third-order valence-corrected chi connectivity index (χ3v) is 9.82. The van der Waals surface area contributed by atoms with E-state index in [1.54, 1.807) is 0 Å². The van der Waals surface area contributed by atoms with E-state index in [-0.39, 0.29) is 18.3 Å². The fourth-order valence-electron chi connectivity index (χ4n) is 2.77. The maximum Gasteiger partial charge on any atom is 0.302 e. The molecule has 1 fully saturated rings. The topological polar surface area (TPSA) is 112 Å². The maximum absolute atomic E-state index is 14.8. The fourth-order valence-corrected chi connectivity index (χ4v) is 3.37. The smallest absolute Gasteiger partial charge is 0.302 e.